The van der Waals surface area contributed by atoms with Crippen molar-refractivity contribution < 1.29 is 14.0 Å². The van der Waals surface area contributed by atoms with E-state index in [9.17, 15) is 9.59 Å². The summed E-state index contributed by atoms with van der Waals surface area (Å²) in [5, 5.41) is 11.7. The minimum absolute atomic E-state index is 0.118. The van der Waals surface area contributed by atoms with Crippen LogP contribution in [-0.4, -0.2) is 32.3 Å². The number of nitrogens with one attached hydrogen (secondary N) is 1. The second-order valence-electron chi connectivity index (χ2n) is 5.68. The summed E-state index contributed by atoms with van der Waals surface area (Å²) in [7, 11) is 0. The zero-order valence-corrected chi connectivity index (χ0v) is 15.5. The number of primary amides is 1. The average molecular weight is 385 g/mol. The predicted molar refractivity (Wildman–Crippen MR) is 102 cm³/mol. The molecule has 2 heterocycles. The number of carbonyl (C=O) groups is 2. The molecule has 9 heteroatoms. The van der Waals surface area contributed by atoms with Gasteiger partial charge in [0.15, 0.2) is 16.7 Å². The number of benzene rings is 1. The van der Waals surface area contributed by atoms with Crippen LogP contribution in [0.2, 0.25) is 0 Å². The first-order chi connectivity index (χ1) is 13.1. The van der Waals surface area contributed by atoms with E-state index in [4.69, 9.17) is 10.2 Å². The number of hydrogen-bond acceptors (Lipinski definition) is 6. The zero-order chi connectivity index (χ0) is 19.2. The minimum Gasteiger partial charge on any atom is -0.461 e. The topological polar surface area (TPSA) is 116 Å². The normalized spacial score (nSPS) is 10.7. The summed E-state index contributed by atoms with van der Waals surface area (Å²) in [6.45, 7) is 2.76. The predicted octanol–water partition coefficient (Wildman–Crippen LogP) is 2.78. The molecule has 0 aliphatic rings. The van der Waals surface area contributed by atoms with Gasteiger partial charge in [0.1, 0.15) is 0 Å². The van der Waals surface area contributed by atoms with Crippen molar-refractivity contribution in [1.82, 2.24) is 14.8 Å². The van der Waals surface area contributed by atoms with Crippen LogP contribution in [0.5, 0.6) is 0 Å². The first kappa shape index (κ1) is 18.7. The molecule has 3 aromatic rings. The van der Waals surface area contributed by atoms with E-state index in [1.54, 1.807) is 36.6 Å². The Morgan fingerprint density at radius 3 is 2.74 bits per heavy atom. The largest absolute Gasteiger partial charge is 0.461 e. The van der Waals surface area contributed by atoms with Crippen LogP contribution in [0, 0.1) is 0 Å². The van der Waals surface area contributed by atoms with Gasteiger partial charge in [0.25, 0.3) is 5.91 Å². The van der Waals surface area contributed by atoms with Crippen molar-refractivity contribution in [1.29, 1.82) is 0 Å². The molecule has 27 heavy (non-hydrogen) atoms. The van der Waals surface area contributed by atoms with Gasteiger partial charge in [-0.3, -0.25) is 14.2 Å². The minimum atomic E-state index is -0.593. The Hall–Kier alpha value is -3.07. The molecule has 0 fully saturated rings. The van der Waals surface area contributed by atoms with E-state index in [-0.39, 0.29) is 17.2 Å². The summed E-state index contributed by atoms with van der Waals surface area (Å²) in [6.07, 6.45) is 2.47. The van der Waals surface area contributed by atoms with Crippen molar-refractivity contribution in [2.45, 2.75) is 25.0 Å². The number of furan rings is 1. The van der Waals surface area contributed by atoms with E-state index < -0.39 is 5.91 Å². The number of nitrogens with zero attached hydrogens (tertiary/aromatic N) is 3. The molecule has 3 N–H and O–H groups in total. The summed E-state index contributed by atoms with van der Waals surface area (Å²) < 4.78 is 7.33. The maximum Gasteiger partial charge on any atom is 0.250 e. The van der Waals surface area contributed by atoms with Crippen molar-refractivity contribution in [2.75, 3.05) is 11.1 Å². The Morgan fingerprint density at radius 1 is 1.22 bits per heavy atom. The van der Waals surface area contributed by atoms with E-state index in [1.165, 1.54) is 11.8 Å². The van der Waals surface area contributed by atoms with Crippen molar-refractivity contribution in [3.8, 4) is 11.6 Å². The Morgan fingerprint density at radius 2 is 2.04 bits per heavy atom. The van der Waals surface area contributed by atoms with E-state index in [1.807, 2.05) is 17.6 Å². The fourth-order valence-electron chi connectivity index (χ4n) is 2.53. The van der Waals surface area contributed by atoms with Gasteiger partial charge in [-0.1, -0.05) is 30.8 Å². The standard InChI is InChI=1S/C18H19N5O3S/c1-2-9-23-17(14-8-5-10-26-14)21-22-18(23)27-11-15(24)20-13-7-4-3-6-12(13)16(19)25/h3-8,10H,2,9,11H2,1H3,(H2,19,25)(H,20,24). The van der Waals surface area contributed by atoms with E-state index in [2.05, 4.69) is 15.5 Å². The Balaban J connectivity index is 1.70. The second-order valence-corrected chi connectivity index (χ2v) is 6.62. The molecule has 140 valence electrons. The number of hydrogen-bond donors (Lipinski definition) is 2. The highest BCUT2D eigenvalue weighted by atomic mass is 32.2. The lowest BCUT2D eigenvalue weighted by molar-refractivity contribution is -0.113. The van der Waals surface area contributed by atoms with E-state index in [0.29, 0.717) is 29.0 Å². The molecular weight excluding hydrogens is 366 g/mol. The smallest absolute Gasteiger partial charge is 0.250 e. The molecule has 2 amide bonds. The molecule has 2 aromatic heterocycles. The number of para-hydroxylation sites is 1. The molecule has 1 aromatic carbocycles. The van der Waals surface area contributed by atoms with Gasteiger partial charge in [-0.05, 0) is 30.7 Å². The lowest BCUT2D eigenvalue weighted by Crippen LogP contribution is -2.19. The lowest BCUT2D eigenvalue weighted by atomic mass is 10.1. The zero-order valence-electron chi connectivity index (χ0n) is 14.7. The van der Waals surface area contributed by atoms with Crippen LogP contribution in [0.1, 0.15) is 23.7 Å². The highest BCUT2D eigenvalue weighted by Gasteiger charge is 2.17. The highest BCUT2D eigenvalue weighted by Crippen LogP contribution is 2.25. The molecule has 0 unspecified atom stereocenters. The molecule has 0 spiro atoms. The van der Waals surface area contributed by atoms with Gasteiger partial charge < -0.3 is 15.5 Å². The number of carbonyl (C=O) groups excluding carboxylic acids is 2. The van der Waals surface area contributed by atoms with E-state index >= 15 is 0 Å². The van der Waals surface area contributed by atoms with Crippen LogP contribution in [0.3, 0.4) is 0 Å². The van der Waals surface area contributed by atoms with Gasteiger partial charge >= 0.3 is 0 Å². The summed E-state index contributed by atoms with van der Waals surface area (Å²) in [4.78, 5) is 23.8. The van der Waals surface area contributed by atoms with Crippen LogP contribution in [0.25, 0.3) is 11.6 Å². The number of rotatable bonds is 8. The molecule has 0 saturated carbocycles. The molecule has 3 rings (SSSR count). The maximum atomic E-state index is 12.3. The Bertz CT molecular complexity index is 936. The third-order valence-electron chi connectivity index (χ3n) is 3.70. The number of nitrogens with two attached hydrogens (primary N) is 1. The van der Waals surface area contributed by atoms with Gasteiger partial charge in [-0.25, -0.2) is 0 Å². The Kier molecular flexibility index (Phi) is 5.92. The van der Waals surface area contributed by atoms with Gasteiger partial charge in [-0.15, -0.1) is 10.2 Å². The van der Waals surface area contributed by atoms with Crippen molar-refractivity contribution in [2.24, 2.45) is 5.73 Å². The summed E-state index contributed by atoms with van der Waals surface area (Å²) in [6, 6.07) is 10.2. The molecular formula is C18H19N5O3S. The summed E-state index contributed by atoms with van der Waals surface area (Å²) >= 11 is 1.27. The number of anilines is 1. The quantitative estimate of drug-likeness (QED) is 0.576. The van der Waals surface area contributed by atoms with Crippen molar-refractivity contribution in [3.05, 3.63) is 48.2 Å². The number of thioether (sulfide) groups is 1. The fourth-order valence-corrected chi connectivity index (χ4v) is 3.30. The van der Waals surface area contributed by atoms with Gasteiger partial charge in [-0.2, -0.15) is 0 Å². The van der Waals surface area contributed by atoms with Crippen LogP contribution in [0.4, 0.5) is 5.69 Å². The van der Waals surface area contributed by atoms with E-state index in [0.717, 1.165) is 6.42 Å². The molecule has 0 saturated heterocycles. The molecule has 0 aliphatic carbocycles. The van der Waals surface area contributed by atoms with Gasteiger partial charge in [0.05, 0.1) is 23.3 Å². The number of amides is 2. The Labute approximate surface area is 160 Å². The summed E-state index contributed by atoms with van der Waals surface area (Å²) in [5.41, 5.74) is 5.99. The first-order valence-corrected chi connectivity index (χ1v) is 9.37. The first-order valence-electron chi connectivity index (χ1n) is 8.38. The average Bonchev–Trinajstić information content (AvgIpc) is 3.30. The third kappa shape index (κ3) is 4.37. The summed E-state index contributed by atoms with van der Waals surface area (Å²) in [5.74, 6) is 0.516. The van der Waals surface area contributed by atoms with Gasteiger partial charge in [0, 0.05) is 6.54 Å². The monoisotopic (exact) mass is 385 g/mol. The van der Waals surface area contributed by atoms with Crippen LogP contribution in [-0.2, 0) is 11.3 Å². The molecule has 0 radical (unpaired) electrons. The van der Waals surface area contributed by atoms with Crippen LogP contribution >= 0.6 is 11.8 Å². The van der Waals surface area contributed by atoms with Crippen molar-refractivity contribution in [3.63, 3.8) is 0 Å². The maximum absolute atomic E-state index is 12.3. The molecule has 0 bridgehead atoms. The second kappa shape index (κ2) is 8.54. The fraction of sp³-hybridized carbons (Fsp3) is 0.222. The highest BCUT2D eigenvalue weighted by molar-refractivity contribution is 7.99. The number of aromatic nitrogens is 3. The molecule has 0 aliphatic heterocycles. The van der Waals surface area contributed by atoms with Crippen molar-refractivity contribution >= 4 is 29.3 Å². The van der Waals surface area contributed by atoms with Crippen LogP contribution in [0.15, 0.2) is 52.2 Å². The SMILES string of the molecule is CCCn1c(SCC(=O)Nc2ccccc2C(N)=O)nnc1-c1ccco1. The van der Waals surface area contributed by atoms with Crippen LogP contribution < -0.4 is 11.1 Å². The lowest BCUT2D eigenvalue weighted by Gasteiger charge is -2.09. The molecule has 8 nitrogen and oxygen atoms in total. The van der Waals surface area contributed by atoms with Gasteiger partial charge in [0.2, 0.25) is 5.91 Å². The third-order valence-corrected chi connectivity index (χ3v) is 4.67. The molecule has 0 atom stereocenters.